The Morgan fingerprint density at radius 3 is 2.71 bits per heavy atom. The summed E-state index contributed by atoms with van der Waals surface area (Å²) in [5.41, 5.74) is -0.993. The molecule has 7 nitrogen and oxygen atoms in total. The number of carbonyl (C=O) groups is 1. The number of halogens is 3. The number of ether oxygens (including phenoxy) is 2. The fraction of sp³-hybridized carbons (Fsp3) is 0.609. The molecule has 0 aliphatic carbocycles. The molecule has 1 N–H and O–H groups in total. The van der Waals surface area contributed by atoms with Gasteiger partial charge in [-0.25, -0.2) is 14.4 Å². The van der Waals surface area contributed by atoms with Crippen molar-refractivity contribution in [2.45, 2.75) is 46.8 Å². The van der Waals surface area contributed by atoms with Crippen molar-refractivity contribution in [1.29, 1.82) is 0 Å². The normalized spacial score (nSPS) is 21.7. The van der Waals surface area contributed by atoms with Gasteiger partial charge >= 0.3 is 12.6 Å². The molecule has 3 heterocycles. The molecule has 11 heteroatoms. The Morgan fingerprint density at radius 2 is 2.09 bits per heavy atom. The SMILES string of the molecule is COCC[C@@]1(C(=O)O)C[C@@H](C(C)(C)C)CN(Cc2cnc(-c3cc(F)cnc3OC(F)F)s2)C1. The van der Waals surface area contributed by atoms with Gasteiger partial charge in [0.25, 0.3) is 0 Å². The van der Waals surface area contributed by atoms with Gasteiger partial charge in [0.2, 0.25) is 5.88 Å². The second-order valence-electron chi connectivity index (χ2n) is 9.78. The average molecular weight is 502 g/mol. The number of pyridine rings is 1. The molecule has 1 aliphatic rings. The van der Waals surface area contributed by atoms with Gasteiger partial charge in [0.1, 0.15) is 10.8 Å². The van der Waals surface area contributed by atoms with E-state index in [9.17, 15) is 23.1 Å². The van der Waals surface area contributed by atoms with Crippen molar-refractivity contribution < 1.29 is 32.5 Å². The van der Waals surface area contributed by atoms with Crippen molar-refractivity contribution in [3.05, 3.63) is 29.2 Å². The van der Waals surface area contributed by atoms with Crippen molar-refractivity contribution in [3.63, 3.8) is 0 Å². The van der Waals surface area contributed by atoms with Gasteiger partial charge in [-0.15, -0.1) is 11.3 Å². The lowest BCUT2D eigenvalue weighted by molar-refractivity contribution is -0.157. The fourth-order valence-corrected chi connectivity index (χ4v) is 5.29. The van der Waals surface area contributed by atoms with Crippen LogP contribution in [0.15, 0.2) is 18.5 Å². The van der Waals surface area contributed by atoms with E-state index in [1.54, 1.807) is 13.3 Å². The number of hydrogen-bond donors (Lipinski definition) is 1. The number of methoxy groups -OCH3 is 1. The van der Waals surface area contributed by atoms with Gasteiger partial charge in [0, 0.05) is 44.4 Å². The van der Waals surface area contributed by atoms with Gasteiger partial charge in [-0.1, -0.05) is 20.8 Å². The molecule has 2 aromatic rings. The lowest BCUT2D eigenvalue weighted by atomic mass is 9.66. The number of thiazole rings is 1. The zero-order chi connectivity index (χ0) is 25.1. The van der Waals surface area contributed by atoms with Crippen molar-refractivity contribution in [2.75, 3.05) is 26.8 Å². The van der Waals surface area contributed by atoms with Crippen molar-refractivity contribution in [2.24, 2.45) is 16.7 Å². The van der Waals surface area contributed by atoms with E-state index in [1.165, 1.54) is 11.3 Å². The van der Waals surface area contributed by atoms with Crippen LogP contribution in [0, 0.1) is 22.6 Å². The molecule has 2 aromatic heterocycles. The van der Waals surface area contributed by atoms with Crippen LogP contribution >= 0.6 is 11.3 Å². The molecule has 3 rings (SSSR count). The maximum absolute atomic E-state index is 13.8. The first kappa shape index (κ1) is 26.4. The van der Waals surface area contributed by atoms with E-state index in [0.717, 1.165) is 17.1 Å². The molecular weight excluding hydrogens is 471 g/mol. The Kier molecular flexibility index (Phi) is 8.20. The Balaban J connectivity index is 1.86. The Hall–Kier alpha value is -2.24. The Labute approximate surface area is 200 Å². The quantitative estimate of drug-likeness (QED) is 0.522. The van der Waals surface area contributed by atoms with Crippen molar-refractivity contribution in [1.82, 2.24) is 14.9 Å². The highest BCUT2D eigenvalue weighted by molar-refractivity contribution is 7.15. The number of piperidine rings is 1. The minimum Gasteiger partial charge on any atom is -0.481 e. The van der Waals surface area contributed by atoms with Gasteiger partial charge < -0.3 is 14.6 Å². The van der Waals surface area contributed by atoms with Crippen LogP contribution in [0.25, 0.3) is 10.6 Å². The second kappa shape index (κ2) is 10.6. The molecular formula is C23H30F3N3O4S. The molecule has 0 saturated carbocycles. The van der Waals surface area contributed by atoms with Gasteiger partial charge in [0.05, 0.1) is 17.2 Å². The molecule has 188 valence electrons. The first-order valence-corrected chi connectivity index (χ1v) is 11.8. The van der Waals surface area contributed by atoms with E-state index < -0.39 is 29.7 Å². The molecule has 0 unspecified atom stereocenters. The lowest BCUT2D eigenvalue weighted by Crippen LogP contribution is -2.53. The predicted molar refractivity (Wildman–Crippen MR) is 121 cm³/mol. The van der Waals surface area contributed by atoms with E-state index in [1.807, 2.05) is 0 Å². The number of likely N-dealkylation sites (tertiary alicyclic amines) is 1. The van der Waals surface area contributed by atoms with E-state index >= 15 is 0 Å². The lowest BCUT2D eigenvalue weighted by Gasteiger charge is -2.48. The average Bonchev–Trinajstić information content (AvgIpc) is 3.20. The number of rotatable bonds is 9. The van der Waals surface area contributed by atoms with E-state index in [-0.39, 0.29) is 16.9 Å². The van der Waals surface area contributed by atoms with Gasteiger partial charge in [-0.3, -0.25) is 9.69 Å². The smallest absolute Gasteiger partial charge is 0.388 e. The molecule has 0 radical (unpaired) electrons. The van der Waals surface area contributed by atoms with E-state index in [2.05, 4.69) is 40.4 Å². The number of aromatic nitrogens is 2. The number of hydrogen-bond acceptors (Lipinski definition) is 7. The first-order valence-electron chi connectivity index (χ1n) is 10.9. The summed E-state index contributed by atoms with van der Waals surface area (Å²) >= 11 is 1.21. The maximum Gasteiger partial charge on any atom is 0.388 e. The van der Waals surface area contributed by atoms with E-state index in [4.69, 9.17) is 4.74 Å². The highest BCUT2D eigenvalue weighted by Crippen LogP contribution is 2.44. The van der Waals surface area contributed by atoms with Gasteiger partial charge in [-0.05, 0) is 30.2 Å². The van der Waals surface area contributed by atoms with Gasteiger partial charge in [0.15, 0.2) is 0 Å². The summed E-state index contributed by atoms with van der Waals surface area (Å²) in [5.74, 6) is -1.79. The number of aliphatic carboxylic acids is 1. The van der Waals surface area contributed by atoms with Crippen LogP contribution in [-0.4, -0.2) is 59.4 Å². The van der Waals surface area contributed by atoms with Crippen LogP contribution in [-0.2, 0) is 16.1 Å². The molecule has 0 amide bonds. The fourth-order valence-electron chi connectivity index (χ4n) is 4.33. The summed E-state index contributed by atoms with van der Waals surface area (Å²) in [6.45, 7) is 5.06. The van der Waals surface area contributed by atoms with Crippen LogP contribution in [0.4, 0.5) is 13.2 Å². The van der Waals surface area contributed by atoms with Crippen LogP contribution in [0.3, 0.4) is 0 Å². The van der Waals surface area contributed by atoms with Crippen LogP contribution in [0.2, 0.25) is 0 Å². The number of alkyl halides is 2. The topological polar surface area (TPSA) is 84.8 Å². The monoisotopic (exact) mass is 501 g/mol. The number of carboxylic acids is 1. The number of carboxylic acid groups (broad SMARTS) is 1. The zero-order valence-electron chi connectivity index (χ0n) is 19.7. The summed E-state index contributed by atoms with van der Waals surface area (Å²) in [5, 5.41) is 10.5. The third kappa shape index (κ3) is 6.25. The van der Waals surface area contributed by atoms with Gasteiger partial charge in [-0.2, -0.15) is 8.78 Å². The summed E-state index contributed by atoms with van der Waals surface area (Å²) in [4.78, 5) is 23.2. The van der Waals surface area contributed by atoms with Crippen LogP contribution < -0.4 is 4.74 Å². The molecule has 34 heavy (non-hydrogen) atoms. The zero-order valence-corrected chi connectivity index (χ0v) is 20.5. The molecule has 0 aromatic carbocycles. The third-order valence-corrected chi connectivity index (χ3v) is 7.30. The minimum absolute atomic E-state index is 0.0442. The minimum atomic E-state index is -3.10. The van der Waals surface area contributed by atoms with Crippen LogP contribution in [0.1, 0.15) is 38.5 Å². The summed E-state index contributed by atoms with van der Waals surface area (Å²) in [6.07, 6.45) is 3.36. The Morgan fingerprint density at radius 1 is 1.35 bits per heavy atom. The maximum atomic E-state index is 13.8. The first-order chi connectivity index (χ1) is 15.9. The predicted octanol–water partition coefficient (Wildman–Crippen LogP) is 4.92. The molecule has 1 saturated heterocycles. The second-order valence-corrected chi connectivity index (χ2v) is 10.9. The molecule has 1 fully saturated rings. The third-order valence-electron chi connectivity index (χ3n) is 6.29. The highest BCUT2D eigenvalue weighted by atomic mass is 32.1. The summed E-state index contributed by atoms with van der Waals surface area (Å²) in [7, 11) is 1.56. The summed E-state index contributed by atoms with van der Waals surface area (Å²) < 4.78 is 48.9. The van der Waals surface area contributed by atoms with Crippen LogP contribution in [0.5, 0.6) is 5.88 Å². The summed E-state index contributed by atoms with van der Waals surface area (Å²) in [6, 6.07) is 1.06. The highest BCUT2D eigenvalue weighted by Gasteiger charge is 2.48. The molecule has 1 aliphatic heterocycles. The largest absolute Gasteiger partial charge is 0.481 e. The van der Waals surface area contributed by atoms with Crippen molar-refractivity contribution in [3.8, 4) is 16.5 Å². The number of nitrogens with zero attached hydrogens (tertiary/aromatic N) is 3. The molecule has 0 spiro atoms. The molecule has 0 bridgehead atoms. The standard InChI is InChI=1S/C23H30F3N3O4S/c1-22(2,3)14-8-23(20(30)31,5-6-32-4)13-29(11-14)12-16-10-28-19(34-16)17-7-15(24)9-27-18(17)33-21(25)26/h7,9-10,14,21H,5-6,8,11-13H2,1-4H3,(H,30,31)/t14-,23-/m1/s1. The molecule has 2 atom stereocenters. The van der Waals surface area contributed by atoms with Crippen molar-refractivity contribution >= 4 is 17.3 Å². The van der Waals surface area contributed by atoms with E-state index in [0.29, 0.717) is 44.1 Å². The Bertz CT molecular complexity index is 998.